The minimum Gasteiger partial charge on any atom is -0.508 e. The number of phenols is 1. The van der Waals surface area contributed by atoms with Crippen LogP contribution >= 0.6 is 0 Å². The molecule has 0 fully saturated rings. The quantitative estimate of drug-likeness (QED) is 0.508. The van der Waals surface area contributed by atoms with E-state index in [1.807, 2.05) is 6.07 Å². The molecule has 6 nitrogen and oxygen atoms in total. The van der Waals surface area contributed by atoms with Crippen molar-refractivity contribution in [3.8, 4) is 11.5 Å². The van der Waals surface area contributed by atoms with Crippen LogP contribution in [-0.4, -0.2) is 42.6 Å². The van der Waals surface area contributed by atoms with E-state index in [4.69, 9.17) is 19.2 Å². The molecule has 0 amide bonds. The maximum atomic E-state index is 9.74. The predicted octanol–water partition coefficient (Wildman–Crippen LogP) is 4.77. The summed E-state index contributed by atoms with van der Waals surface area (Å²) >= 11 is 0. The van der Waals surface area contributed by atoms with Gasteiger partial charge in [0.15, 0.2) is 11.9 Å². The molecule has 2 aliphatic heterocycles. The van der Waals surface area contributed by atoms with Crippen LogP contribution in [0.4, 0.5) is 0 Å². The van der Waals surface area contributed by atoms with Crippen LogP contribution < -0.4 is 4.74 Å². The van der Waals surface area contributed by atoms with Crippen LogP contribution in [0.25, 0.3) is 5.57 Å². The van der Waals surface area contributed by atoms with Gasteiger partial charge in [0.05, 0.1) is 18.9 Å². The molecule has 0 saturated heterocycles. The first-order valence-electron chi connectivity index (χ1n) is 10.8. The first kappa shape index (κ1) is 21.2. The van der Waals surface area contributed by atoms with Gasteiger partial charge in [0.25, 0.3) is 0 Å². The molecule has 0 aliphatic carbocycles. The molecule has 0 radical (unpaired) electrons. The second-order valence-electron chi connectivity index (χ2n) is 9.29. The number of fused-ring (bicyclic) bond motifs is 1. The maximum Gasteiger partial charge on any atom is 0.157 e. The number of benzene rings is 1. The molecular formula is C23H32N2O4Si. The standard InChI is InChI=1S/C23H32N2O4Si/c1-30(2,3)13-12-28-16-25-15-20(17-8-10-27-11-9-17)24-23(25)22-6-4-18-14-19(26)5-7-21(18)29-22/h5,7-8,14-15,22,26H,4,6,9-13,16H2,1-3H3. The van der Waals surface area contributed by atoms with Gasteiger partial charge in [-0.25, -0.2) is 4.98 Å². The van der Waals surface area contributed by atoms with E-state index in [1.54, 1.807) is 12.1 Å². The number of aromatic nitrogens is 2. The van der Waals surface area contributed by atoms with E-state index in [9.17, 15) is 5.11 Å². The monoisotopic (exact) mass is 428 g/mol. The third-order valence-electron chi connectivity index (χ3n) is 5.60. The molecule has 3 heterocycles. The number of nitrogens with zero attached hydrogens (tertiary/aromatic N) is 2. The first-order valence-corrected chi connectivity index (χ1v) is 14.5. The maximum absolute atomic E-state index is 9.74. The van der Waals surface area contributed by atoms with Crippen molar-refractivity contribution in [2.75, 3.05) is 19.8 Å². The summed E-state index contributed by atoms with van der Waals surface area (Å²) in [5.74, 6) is 2.01. The van der Waals surface area contributed by atoms with Gasteiger partial charge in [0, 0.05) is 20.9 Å². The fourth-order valence-corrected chi connectivity index (χ4v) is 4.56. The summed E-state index contributed by atoms with van der Waals surface area (Å²) in [4.78, 5) is 4.97. The first-order chi connectivity index (χ1) is 14.4. The average molecular weight is 429 g/mol. The Kier molecular flexibility index (Phi) is 6.31. The largest absolute Gasteiger partial charge is 0.508 e. The molecule has 7 heteroatoms. The van der Waals surface area contributed by atoms with Crippen molar-refractivity contribution in [1.29, 1.82) is 0 Å². The summed E-state index contributed by atoms with van der Waals surface area (Å²) in [5.41, 5.74) is 3.26. The molecule has 2 aliphatic rings. The molecule has 30 heavy (non-hydrogen) atoms. The van der Waals surface area contributed by atoms with Crippen LogP contribution in [0.3, 0.4) is 0 Å². The summed E-state index contributed by atoms with van der Waals surface area (Å²) in [7, 11) is -1.13. The highest BCUT2D eigenvalue weighted by Crippen LogP contribution is 2.37. The Morgan fingerprint density at radius 3 is 2.90 bits per heavy atom. The zero-order valence-electron chi connectivity index (χ0n) is 18.2. The van der Waals surface area contributed by atoms with Crippen LogP contribution in [0.2, 0.25) is 25.7 Å². The Morgan fingerprint density at radius 1 is 1.27 bits per heavy atom. The summed E-state index contributed by atoms with van der Waals surface area (Å²) < 4.78 is 19.9. The zero-order valence-corrected chi connectivity index (χ0v) is 19.2. The number of ether oxygens (including phenoxy) is 3. The van der Waals surface area contributed by atoms with E-state index in [-0.39, 0.29) is 11.9 Å². The van der Waals surface area contributed by atoms with Gasteiger partial charge < -0.3 is 23.9 Å². The lowest BCUT2D eigenvalue weighted by atomic mass is 10.0. The Bertz CT molecular complexity index is 916. The van der Waals surface area contributed by atoms with E-state index in [0.29, 0.717) is 13.3 Å². The van der Waals surface area contributed by atoms with Gasteiger partial charge in [-0.15, -0.1) is 0 Å². The fraction of sp³-hybridized carbons (Fsp3) is 0.522. The summed E-state index contributed by atoms with van der Waals surface area (Å²) in [6.07, 6.45) is 6.63. The van der Waals surface area contributed by atoms with Crippen molar-refractivity contribution in [2.45, 2.75) is 57.8 Å². The van der Waals surface area contributed by atoms with Gasteiger partial charge in [0.2, 0.25) is 0 Å². The van der Waals surface area contributed by atoms with Crippen molar-refractivity contribution < 1.29 is 19.3 Å². The molecule has 0 saturated carbocycles. The van der Waals surface area contributed by atoms with Gasteiger partial charge in [-0.2, -0.15) is 0 Å². The fourth-order valence-electron chi connectivity index (χ4n) is 3.80. The Morgan fingerprint density at radius 2 is 2.13 bits per heavy atom. The highest BCUT2D eigenvalue weighted by molar-refractivity contribution is 6.76. The van der Waals surface area contributed by atoms with E-state index in [2.05, 4.69) is 36.5 Å². The molecule has 4 rings (SSSR count). The normalized spacial score (nSPS) is 19.2. The van der Waals surface area contributed by atoms with Crippen LogP contribution in [0.5, 0.6) is 11.5 Å². The van der Waals surface area contributed by atoms with Gasteiger partial charge in [0.1, 0.15) is 18.2 Å². The number of aromatic hydroxyl groups is 1. The molecule has 1 aromatic heterocycles. The molecule has 2 aromatic rings. The highest BCUT2D eigenvalue weighted by Gasteiger charge is 2.27. The van der Waals surface area contributed by atoms with Crippen LogP contribution in [0.1, 0.15) is 36.0 Å². The number of phenolic OH excluding ortho intramolecular Hbond substituents is 1. The summed E-state index contributed by atoms with van der Waals surface area (Å²) in [5, 5.41) is 9.74. The number of rotatable bonds is 7. The molecule has 1 N–H and O–H groups in total. The van der Waals surface area contributed by atoms with E-state index >= 15 is 0 Å². The Balaban J connectivity index is 1.54. The third-order valence-corrected chi connectivity index (χ3v) is 7.31. The SMILES string of the molecule is C[Si](C)(C)CCOCn1cc(C2=CCOCC2)nc1C1CCc2cc(O)ccc2O1. The van der Waals surface area contributed by atoms with Gasteiger partial charge in [-0.1, -0.05) is 25.7 Å². The van der Waals surface area contributed by atoms with E-state index in [0.717, 1.165) is 61.4 Å². The number of aryl methyl sites for hydroxylation is 1. The number of hydrogen-bond donors (Lipinski definition) is 1. The molecular weight excluding hydrogens is 396 g/mol. The summed E-state index contributed by atoms with van der Waals surface area (Å²) in [6.45, 7) is 9.71. The smallest absolute Gasteiger partial charge is 0.157 e. The van der Waals surface area contributed by atoms with Crippen molar-refractivity contribution in [2.24, 2.45) is 0 Å². The molecule has 0 spiro atoms. The van der Waals surface area contributed by atoms with Crippen LogP contribution in [-0.2, 0) is 22.6 Å². The van der Waals surface area contributed by atoms with E-state index in [1.165, 1.54) is 5.57 Å². The lowest BCUT2D eigenvalue weighted by Crippen LogP contribution is -2.23. The molecule has 1 aromatic carbocycles. The third kappa shape index (κ3) is 5.14. The second kappa shape index (κ2) is 8.96. The van der Waals surface area contributed by atoms with Gasteiger partial charge >= 0.3 is 0 Å². The number of hydrogen-bond acceptors (Lipinski definition) is 5. The number of imidazole rings is 1. The molecule has 1 unspecified atom stereocenters. The lowest BCUT2D eigenvalue weighted by molar-refractivity contribution is 0.0754. The highest BCUT2D eigenvalue weighted by atomic mass is 28.3. The van der Waals surface area contributed by atoms with Crippen molar-refractivity contribution in [3.63, 3.8) is 0 Å². The van der Waals surface area contributed by atoms with Gasteiger partial charge in [-0.3, -0.25) is 0 Å². The molecule has 162 valence electrons. The molecule has 0 bridgehead atoms. The minimum atomic E-state index is -1.13. The zero-order chi connectivity index (χ0) is 21.1. The lowest BCUT2D eigenvalue weighted by Gasteiger charge is -2.26. The van der Waals surface area contributed by atoms with Gasteiger partial charge in [-0.05, 0) is 54.6 Å². The predicted molar refractivity (Wildman–Crippen MR) is 120 cm³/mol. The van der Waals surface area contributed by atoms with Crippen LogP contribution in [0.15, 0.2) is 30.5 Å². The average Bonchev–Trinajstić information content (AvgIpc) is 3.15. The topological polar surface area (TPSA) is 65.7 Å². The minimum absolute atomic E-state index is 0.128. The summed E-state index contributed by atoms with van der Waals surface area (Å²) in [6, 6.07) is 6.45. The Hall–Kier alpha value is -2.09. The second-order valence-corrected chi connectivity index (χ2v) is 14.9. The van der Waals surface area contributed by atoms with Crippen molar-refractivity contribution in [1.82, 2.24) is 9.55 Å². The van der Waals surface area contributed by atoms with Crippen molar-refractivity contribution >= 4 is 13.6 Å². The van der Waals surface area contributed by atoms with E-state index < -0.39 is 8.07 Å². The van der Waals surface area contributed by atoms with Crippen LogP contribution in [0, 0.1) is 0 Å². The van der Waals surface area contributed by atoms with Crippen molar-refractivity contribution in [3.05, 3.63) is 47.6 Å². The Labute approximate surface area is 179 Å². The molecule has 1 atom stereocenters.